The minimum absolute atomic E-state index is 0.0426. The van der Waals surface area contributed by atoms with Gasteiger partial charge in [-0.1, -0.05) is 13.8 Å². The highest BCUT2D eigenvalue weighted by atomic mass is 16.6. The van der Waals surface area contributed by atoms with Crippen LogP contribution in [0.4, 0.5) is 4.79 Å². The maximum atomic E-state index is 12.0. The molecule has 0 bridgehead atoms. The number of nitrogens with one attached hydrogen (secondary N) is 2. The van der Waals surface area contributed by atoms with Gasteiger partial charge in [-0.05, 0) is 39.5 Å². The molecule has 2 N–H and O–H groups in total. The van der Waals surface area contributed by atoms with Crippen molar-refractivity contribution >= 4 is 17.9 Å². The van der Waals surface area contributed by atoms with E-state index in [0.29, 0.717) is 25.4 Å². The number of alkyl carbamates (subject to hydrolysis) is 1. The first-order chi connectivity index (χ1) is 11.1. The summed E-state index contributed by atoms with van der Waals surface area (Å²) in [6.07, 6.45) is 1.44. The Morgan fingerprint density at radius 2 is 1.75 bits per heavy atom. The van der Waals surface area contributed by atoms with Gasteiger partial charge in [-0.15, -0.1) is 0 Å². The van der Waals surface area contributed by atoms with Crippen LogP contribution in [0.25, 0.3) is 0 Å². The van der Waals surface area contributed by atoms with Crippen LogP contribution in [0.15, 0.2) is 0 Å². The van der Waals surface area contributed by atoms with Crippen molar-refractivity contribution in [1.29, 1.82) is 0 Å². The van der Waals surface area contributed by atoms with Crippen LogP contribution in [-0.4, -0.2) is 54.1 Å². The molecular weight excluding hydrogens is 310 g/mol. The summed E-state index contributed by atoms with van der Waals surface area (Å²) >= 11 is 0. The molecule has 7 nitrogen and oxygen atoms in total. The van der Waals surface area contributed by atoms with Crippen molar-refractivity contribution in [3.05, 3.63) is 0 Å². The Kier molecular flexibility index (Phi) is 7.51. The summed E-state index contributed by atoms with van der Waals surface area (Å²) in [6.45, 7) is 10.6. The smallest absolute Gasteiger partial charge is 0.408 e. The van der Waals surface area contributed by atoms with Gasteiger partial charge in [-0.3, -0.25) is 9.59 Å². The lowest BCUT2D eigenvalue weighted by molar-refractivity contribution is -0.133. The molecule has 24 heavy (non-hydrogen) atoms. The summed E-state index contributed by atoms with van der Waals surface area (Å²) in [7, 11) is 0. The van der Waals surface area contributed by atoms with Crippen molar-refractivity contribution < 1.29 is 19.1 Å². The first-order valence-electron chi connectivity index (χ1n) is 8.61. The molecule has 1 heterocycles. The molecule has 0 unspecified atom stereocenters. The second-order valence-corrected chi connectivity index (χ2v) is 7.68. The zero-order valence-electron chi connectivity index (χ0n) is 15.5. The van der Waals surface area contributed by atoms with Crippen molar-refractivity contribution in [2.45, 2.75) is 65.5 Å². The van der Waals surface area contributed by atoms with Gasteiger partial charge in [0, 0.05) is 25.6 Å². The Balaban J connectivity index is 2.25. The van der Waals surface area contributed by atoms with Crippen LogP contribution in [0, 0.1) is 5.92 Å². The number of nitrogens with zero attached hydrogens (tertiary/aromatic N) is 1. The van der Waals surface area contributed by atoms with Gasteiger partial charge in [0.25, 0.3) is 0 Å². The number of amides is 3. The molecule has 0 saturated carbocycles. The van der Waals surface area contributed by atoms with Crippen LogP contribution in [0.5, 0.6) is 0 Å². The molecule has 7 heteroatoms. The van der Waals surface area contributed by atoms with Gasteiger partial charge in [-0.2, -0.15) is 0 Å². The monoisotopic (exact) mass is 341 g/mol. The fourth-order valence-corrected chi connectivity index (χ4v) is 2.50. The average molecular weight is 341 g/mol. The lowest BCUT2D eigenvalue weighted by Gasteiger charge is -2.33. The number of rotatable bonds is 5. The lowest BCUT2D eigenvalue weighted by Crippen LogP contribution is -2.49. The van der Waals surface area contributed by atoms with E-state index in [1.54, 1.807) is 20.8 Å². The Bertz CT molecular complexity index is 449. The minimum Gasteiger partial charge on any atom is -0.444 e. The Morgan fingerprint density at radius 3 is 2.25 bits per heavy atom. The molecule has 1 saturated heterocycles. The summed E-state index contributed by atoms with van der Waals surface area (Å²) in [5.41, 5.74) is -0.587. The summed E-state index contributed by atoms with van der Waals surface area (Å²) in [6, 6.07) is 0.0426. The van der Waals surface area contributed by atoms with E-state index in [2.05, 4.69) is 10.6 Å². The summed E-state index contributed by atoms with van der Waals surface area (Å²) in [4.78, 5) is 37.3. The third kappa shape index (κ3) is 8.17. The molecule has 0 radical (unpaired) electrons. The maximum absolute atomic E-state index is 12.0. The predicted molar refractivity (Wildman–Crippen MR) is 91.4 cm³/mol. The molecule has 0 atom stereocenters. The van der Waals surface area contributed by atoms with E-state index >= 15 is 0 Å². The van der Waals surface area contributed by atoms with Crippen molar-refractivity contribution in [3.8, 4) is 0 Å². The van der Waals surface area contributed by atoms with Gasteiger partial charge in [0.1, 0.15) is 12.1 Å². The molecule has 0 aromatic carbocycles. The van der Waals surface area contributed by atoms with Gasteiger partial charge in [-0.25, -0.2) is 4.79 Å². The summed E-state index contributed by atoms with van der Waals surface area (Å²) in [5.74, 6) is 0.294. The van der Waals surface area contributed by atoms with Gasteiger partial charge in [0.2, 0.25) is 11.8 Å². The SMILES string of the molecule is CC(C)CC(=O)N1CCC(NC(=O)CNC(=O)OC(C)(C)C)CC1. The lowest BCUT2D eigenvalue weighted by atomic mass is 10.0. The minimum atomic E-state index is -0.605. The van der Waals surface area contributed by atoms with Gasteiger partial charge < -0.3 is 20.3 Å². The van der Waals surface area contributed by atoms with E-state index in [1.807, 2.05) is 18.7 Å². The molecule has 0 spiro atoms. The van der Waals surface area contributed by atoms with Crippen LogP contribution in [0.1, 0.15) is 53.9 Å². The molecule has 0 aromatic rings. The van der Waals surface area contributed by atoms with Crippen LogP contribution >= 0.6 is 0 Å². The standard InChI is InChI=1S/C17H31N3O4/c1-12(2)10-15(22)20-8-6-13(7-9-20)19-14(21)11-18-16(23)24-17(3,4)5/h12-13H,6-11H2,1-5H3,(H,18,23)(H,19,21). The van der Waals surface area contributed by atoms with E-state index in [0.717, 1.165) is 12.8 Å². The fraction of sp³-hybridized carbons (Fsp3) is 0.824. The van der Waals surface area contributed by atoms with Crippen LogP contribution < -0.4 is 10.6 Å². The largest absolute Gasteiger partial charge is 0.444 e. The zero-order valence-corrected chi connectivity index (χ0v) is 15.5. The fourth-order valence-electron chi connectivity index (χ4n) is 2.50. The first kappa shape index (κ1) is 20.3. The highest BCUT2D eigenvalue weighted by molar-refractivity contribution is 5.82. The molecule has 1 fully saturated rings. The number of piperidine rings is 1. The molecule has 1 aliphatic heterocycles. The third-order valence-electron chi connectivity index (χ3n) is 3.59. The Morgan fingerprint density at radius 1 is 1.17 bits per heavy atom. The van der Waals surface area contributed by atoms with Crippen molar-refractivity contribution in [2.75, 3.05) is 19.6 Å². The topological polar surface area (TPSA) is 87.7 Å². The van der Waals surface area contributed by atoms with E-state index in [1.165, 1.54) is 0 Å². The van der Waals surface area contributed by atoms with Gasteiger partial charge >= 0.3 is 6.09 Å². The van der Waals surface area contributed by atoms with Crippen molar-refractivity contribution in [2.24, 2.45) is 5.92 Å². The molecule has 0 aromatic heterocycles. The second-order valence-electron chi connectivity index (χ2n) is 7.68. The number of ether oxygens (including phenoxy) is 1. The number of hydrogen-bond donors (Lipinski definition) is 2. The third-order valence-corrected chi connectivity index (χ3v) is 3.59. The number of hydrogen-bond acceptors (Lipinski definition) is 4. The zero-order chi connectivity index (χ0) is 18.3. The van der Waals surface area contributed by atoms with Crippen molar-refractivity contribution in [3.63, 3.8) is 0 Å². The number of carbonyl (C=O) groups is 3. The van der Waals surface area contributed by atoms with Gasteiger partial charge in [0.15, 0.2) is 0 Å². The molecule has 138 valence electrons. The average Bonchev–Trinajstić information content (AvgIpc) is 2.43. The van der Waals surface area contributed by atoms with Gasteiger partial charge in [0.05, 0.1) is 0 Å². The number of carbonyl (C=O) groups excluding carboxylic acids is 3. The van der Waals surface area contributed by atoms with E-state index in [4.69, 9.17) is 4.74 Å². The Hall–Kier alpha value is -1.79. The van der Waals surface area contributed by atoms with Crippen molar-refractivity contribution in [1.82, 2.24) is 15.5 Å². The highest BCUT2D eigenvalue weighted by Gasteiger charge is 2.24. The van der Waals surface area contributed by atoms with E-state index in [-0.39, 0.29) is 24.4 Å². The first-order valence-corrected chi connectivity index (χ1v) is 8.61. The number of likely N-dealkylation sites (tertiary alicyclic amines) is 1. The van der Waals surface area contributed by atoms with Crippen LogP contribution in [-0.2, 0) is 14.3 Å². The van der Waals surface area contributed by atoms with E-state index < -0.39 is 11.7 Å². The maximum Gasteiger partial charge on any atom is 0.408 e. The molecule has 1 aliphatic rings. The quantitative estimate of drug-likeness (QED) is 0.796. The van der Waals surface area contributed by atoms with E-state index in [9.17, 15) is 14.4 Å². The summed E-state index contributed by atoms with van der Waals surface area (Å²) < 4.78 is 5.08. The Labute approximate surface area is 144 Å². The van der Waals surface area contributed by atoms with Crippen LogP contribution in [0.2, 0.25) is 0 Å². The molecular formula is C17H31N3O4. The second kappa shape index (κ2) is 8.89. The summed E-state index contributed by atoms with van der Waals surface area (Å²) in [5, 5.41) is 5.33. The molecule has 1 rings (SSSR count). The molecule has 3 amide bonds. The normalized spacial score (nSPS) is 16.0. The van der Waals surface area contributed by atoms with Crippen LogP contribution in [0.3, 0.4) is 0 Å². The molecule has 0 aliphatic carbocycles. The highest BCUT2D eigenvalue weighted by Crippen LogP contribution is 2.13. The predicted octanol–water partition coefficient (Wildman–Crippen LogP) is 1.66.